The summed E-state index contributed by atoms with van der Waals surface area (Å²) >= 11 is 3.33. The number of carboxylic acids is 1. The van der Waals surface area contributed by atoms with Crippen LogP contribution in [0.1, 0.15) is 5.56 Å². The van der Waals surface area contributed by atoms with E-state index in [9.17, 15) is 4.79 Å². The van der Waals surface area contributed by atoms with Crippen molar-refractivity contribution in [3.63, 3.8) is 0 Å². The van der Waals surface area contributed by atoms with Crippen molar-refractivity contribution in [2.45, 2.75) is 12.5 Å². The quantitative estimate of drug-likeness (QED) is 0.844. The Morgan fingerprint density at radius 1 is 1.54 bits per heavy atom. The van der Waals surface area contributed by atoms with Gasteiger partial charge in [-0.3, -0.25) is 4.79 Å². The van der Waals surface area contributed by atoms with Crippen LogP contribution >= 0.6 is 15.9 Å². The second-order valence-corrected chi connectivity index (χ2v) is 3.59. The zero-order chi connectivity index (χ0) is 9.84. The first-order chi connectivity index (χ1) is 6.11. The Labute approximate surface area is 84.7 Å². The van der Waals surface area contributed by atoms with E-state index in [2.05, 4.69) is 15.9 Å². The number of carboxylic acid groups (broad SMARTS) is 1. The minimum atomic E-state index is -0.976. The maximum atomic E-state index is 10.5. The van der Waals surface area contributed by atoms with Crippen LogP contribution in [0.25, 0.3) is 0 Å². The van der Waals surface area contributed by atoms with Gasteiger partial charge in [0.05, 0.1) is 0 Å². The zero-order valence-electron chi connectivity index (χ0n) is 6.90. The fraction of sp³-hybridized carbons (Fsp3) is 0.222. The van der Waals surface area contributed by atoms with Gasteiger partial charge >= 0.3 is 5.97 Å². The van der Waals surface area contributed by atoms with Crippen molar-refractivity contribution in [2.24, 2.45) is 5.73 Å². The summed E-state index contributed by atoms with van der Waals surface area (Å²) in [7, 11) is 0. The monoisotopic (exact) mass is 243 g/mol. The number of carbonyl (C=O) groups is 1. The molecule has 0 aromatic heterocycles. The van der Waals surface area contributed by atoms with Gasteiger partial charge in [0.25, 0.3) is 0 Å². The maximum absolute atomic E-state index is 10.5. The van der Waals surface area contributed by atoms with Crippen LogP contribution in [0.5, 0.6) is 0 Å². The highest BCUT2D eigenvalue weighted by Gasteiger charge is 2.12. The van der Waals surface area contributed by atoms with E-state index in [0.29, 0.717) is 6.42 Å². The Morgan fingerprint density at radius 2 is 2.15 bits per heavy atom. The van der Waals surface area contributed by atoms with E-state index in [4.69, 9.17) is 10.8 Å². The first-order valence-electron chi connectivity index (χ1n) is 3.83. The molecule has 0 heterocycles. The van der Waals surface area contributed by atoms with Crippen molar-refractivity contribution in [3.8, 4) is 0 Å². The number of nitrogens with two attached hydrogens (primary N) is 1. The molecule has 3 nitrogen and oxygen atoms in total. The van der Waals surface area contributed by atoms with Crippen LogP contribution in [0.3, 0.4) is 0 Å². The predicted molar refractivity (Wildman–Crippen MR) is 53.5 cm³/mol. The van der Waals surface area contributed by atoms with Gasteiger partial charge in [0.2, 0.25) is 0 Å². The molecule has 0 spiro atoms. The highest BCUT2D eigenvalue weighted by molar-refractivity contribution is 9.10. The topological polar surface area (TPSA) is 63.3 Å². The lowest BCUT2D eigenvalue weighted by atomic mass is 10.1. The third kappa shape index (κ3) is 2.82. The highest BCUT2D eigenvalue weighted by Crippen LogP contribution is 2.16. The molecule has 0 aliphatic rings. The lowest BCUT2D eigenvalue weighted by Crippen LogP contribution is -2.32. The smallest absolute Gasteiger partial charge is 0.320 e. The van der Waals surface area contributed by atoms with E-state index in [1.165, 1.54) is 0 Å². The van der Waals surface area contributed by atoms with Crippen molar-refractivity contribution in [1.82, 2.24) is 0 Å². The third-order valence-electron chi connectivity index (χ3n) is 1.71. The number of aliphatic carboxylic acids is 1. The summed E-state index contributed by atoms with van der Waals surface area (Å²) in [4.78, 5) is 10.5. The second-order valence-electron chi connectivity index (χ2n) is 2.74. The average molecular weight is 244 g/mol. The molecule has 1 aromatic rings. The summed E-state index contributed by atoms with van der Waals surface area (Å²) in [5.41, 5.74) is 6.31. The Balaban J connectivity index is 2.74. The normalized spacial score (nSPS) is 12.5. The largest absolute Gasteiger partial charge is 0.480 e. The molecule has 0 fully saturated rings. The van der Waals surface area contributed by atoms with Gasteiger partial charge in [0, 0.05) is 4.47 Å². The van der Waals surface area contributed by atoms with Crippen LogP contribution in [0, 0.1) is 0 Å². The predicted octanol–water partition coefficient (Wildman–Crippen LogP) is 1.40. The molecule has 0 amide bonds. The van der Waals surface area contributed by atoms with Crippen LogP contribution < -0.4 is 5.73 Å². The molecule has 0 saturated heterocycles. The Bertz CT molecular complexity index is 314. The van der Waals surface area contributed by atoms with E-state index in [-0.39, 0.29) is 0 Å². The van der Waals surface area contributed by atoms with Crippen LogP contribution in [-0.2, 0) is 11.2 Å². The summed E-state index contributed by atoms with van der Waals surface area (Å²) in [6, 6.07) is 6.62. The van der Waals surface area contributed by atoms with Crippen molar-refractivity contribution < 1.29 is 9.90 Å². The lowest BCUT2D eigenvalue weighted by Gasteiger charge is -2.07. The first kappa shape index (κ1) is 10.2. The minimum absolute atomic E-state index is 0.344. The van der Waals surface area contributed by atoms with Gasteiger partial charge in [0.1, 0.15) is 6.04 Å². The Morgan fingerprint density at radius 3 is 2.69 bits per heavy atom. The van der Waals surface area contributed by atoms with Gasteiger partial charge < -0.3 is 10.8 Å². The summed E-state index contributed by atoms with van der Waals surface area (Å²) in [6.07, 6.45) is 0.344. The average Bonchev–Trinajstić information content (AvgIpc) is 2.08. The molecule has 0 aliphatic carbocycles. The van der Waals surface area contributed by atoms with Crippen LogP contribution in [0.2, 0.25) is 0 Å². The molecular weight excluding hydrogens is 234 g/mol. The van der Waals surface area contributed by atoms with Crippen LogP contribution in [0.4, 0.5) is 0 Å². The number of benzene rings is 1. The molecule has 1 rings (SSSR count). The Kier molecular flexibility index (Phi) is 3.45. The van der Waals surface area contributed by atoms with Gasteiger partial charge in [-0.25, -0.2) is 0 Å². The number of halogens is 1. The summed E-state index contributed by atoms with van der Waals surface area (Å²) in [6.45, 7) is 0. The van der Waals surface area contributed by atoms with Gasteiger partial charge in [-0.2, -0.15) is 0 Å². The minimum Gasteiger partial charge on any atom is -0.480 e. The van der Waals surface area contributed by atoms with Crippen molar-refractivity contribution in [2.75, 3.05) is 0 Å². The second kappa shape index (κ2) is 4.39. The fourth-order valence-electron chi connectivity index (χ4n) is 0.988. The number of rotatable bonds is 3. The van der Waals surface area contributed by atoms with E-state index < -0.39 is 12.0 Å². The van der Waals surface area contributed by atoms with Crippen molar-refractivity contribution in [3.05, 3.63) is 34.3 Å². The van der Waals surface area contributed by atoms with Gasteiger partial charge in [0.15, 0.2) is 0 Å². The standard InChI is InChI=1S/C9H10BrNO2/c10-7-4-2-1-3-6(7)5-8(11)9(12)13/h1-4,8H,5,11H2,(H,12,13)/t8-/m1/s1. The number of hydrogen-bond acceptors (Lipinski definition) is 2. The van der Waals surface area contributed by atoms with Gasteiger partial charge in [-0.15, -0.1) is 0 Å². The molecule has 70 valence electrons. The van der Waals surface area contributed by atoms with Gasteiger partial charge in [-0.1, -0.05) is 34.1 Å². The molecule has 1 atom stereocenters. The summed E-state index contributed by atoms with van der Waals surface area (Å²) in [5, 5.41) is 8.59. The molecule has 4 heteroatoms. The molecule has 3 N–H and O–H groups in total. The van der Waals surface area contributed by atoms with Crippen LogP contribution in [-0.4, -0.2) is 17.1 Å². The van der Waals surface area contributed by atoms with E-state index in [1.54, 1.807) is 0 Å². The molecule has 0 bridgehead atoms. The Hall–Kier alpha value is -0.870. The van der Waals surface area contributed by atoms with Crippen molar-refractivity contribution >= 4 is 21.9 Å². The molecule has 13 heavy (non-hydrogen) atoms. The van der Waals surface area contributed by atoms with Gasteiger partial charge in [-0.05, 0) is 18.1 Å². The highest BCUT2D eigenvalue weighted by atomic mass is 79.9. The lowest BCUT2D eigenvalue weighted by molar-refractivity contribution is -0.138. The molecule has 0 radical (unpaired) electrons. The molecule has 0 aliphatic heterocycles. The first-order valence-corrected chi connectivity index (χ1v) is 4.62. The van der Waals surface area contributed by atoms with Crippen LogP contribution in [0.15, 0.2) is 28.7 Å². The zero-order valence-corrected chi connectivity index (χ0v) is 8.49. The molecule has 0 unspecified atom stereocenters. The maximum Gasteiger partial charge on any atom is 0.320 e. The number of hydrogen-bond donors (Lipinski definition) is 2. The van der Waals surface area contributed by atoms with E-state index >= 15 is 0 Å². The molecule has 1 aromatic carbocycles. The SMILES string of the molecule is N[C@H](Cc1ccccc1Br)C(=O)O. The third-order valence-corrected chi connectivity index (χ3v) is 2.49. The van der Waals surface area contributed by atoms with Crippen molar-refractivity contribution in [1.29, 1.82) is 0 Å². The summed E-state index contributed by atoms with van der Waals surface area (Å²) < 4.78 is 0.895. The fourth-order valence-corrected chi connectivity index (χ4v) is 1.43. The van der Waals surface area contributed by atoms with E-state index in [1.807, 2.05) is 24.3 Å². The molecule has 0 saturated carbocycles. The van der Waals surface area contributed by atoms with E-state index in [0.717, 1.165) is 10.0 Å². The summed E-state index contributed by atoms with van der Waals surface area (Å²) in [5.74, 6) is -0.976. The molecular formula is C9H10BrNO2.